The molecule has 0 aromatic carbocycles. The van der Waals surface area contributed by atoms with Crippen LogP contribution in [0.2, 0.25) is 0 Å². The Morgan fingerprint density at radius 1 is 1.38 bits per heavy atom. The number of urea groups is 1. The standard InChI is InChI=1S/C12H17N3O5S/c1-6-15(8(5-21-6)11(18)19)12(20)13-7-3-4-9(16)14(2)10(7)17/h6-8H,3-5H2,1-2H3,(H,13,20)(H,18,19). The van der Waals surface area contributed by atoms with Gasteiger partial charge in [-0.1, -0.05) is 0 Å². The zero-order valence-electron chi connectivity index (χ0n) is 11.7. The molecule has 9 heteroatoms. The Morgan fingerprint density at radius 2 is 2.05 bits per heavy atom. The Bertz CT molecular complexity index is 497. The maximum Gasteiger partial charge on any atom is 0.327 e. The third kappa shape index (κ3) is 2.97. The number of thioether (sulfide) groups is 1. The van der Waals surface area contributed by atoms with Crippen LogP contribution in [0.5, 0.6) is 0 Å². The van der Waals surface area contributed by atoms with Gasteiger partial charge in [0.15, 0.2) is 0 Å². The maximum atomic E-state index is 12.3. The molecule has 8 nitrogen and oxygen atoms in total. The number of carbonyl (C=O) groups excluding carboxylic acids is 3. The molecule has 4 amide bonds. The van der Waals surface area contributed by atoms with Crippen LogP contribution in [0.15, 0.2) is 0 Å². The van der Waals surface area contributed by atoms with Gasteiger partial charge in [0.1, 0.15) is 12.1 Å². The lowest BCUT2D eigenvalue weighted by Crippen LogP contribution is -2.57. The predicted molar refractivity (Wildman–Crippen MR) is 74.5 cm³/mol. The van der Waals surface area contributed by atoms with Gasteiger partial charge < -0.3 is 10.4 Å². The van der Waals surface area contributed by atoms with Crippen molar-refractivity contribution in [1.82, 2.24) is 15.1 Å². The van der Waals surface area contributed by atoms with Crippen LogP contribution in [-0.2, 0) is 14.4 Å². The van der Waals surface area contributed by atoms with Gasteiger partial charge in [-0.3, -0.25) is 19.4 Å². The van der Waals surface area contributed by atoms with Gasteiger partial charge in [-0.25, -0.2) is 9.59 Å². The van der Waals surface area contributed by atoms with Crippen LogP contribution in [0.3, 0.4) is 0 Å². The smallest absolute Gasteiger partial charge is 0.327 e. The minimum Gasteiger partial charge on any atom is -0.480 e. The lowest BCUT2D eigenvalue weighted by atomic mass is 10.0. The average Bonchev–Trinajstić information content (AvgIpc) is 2.81. The first kappa shape index (κ1) is 15.6. The highest BCUT2D eigenvalue weighted by atomic mass is 32.2. The van der Waals surface area contributed by atoms with E-state index in [2.05, 4.69) is 5.32 Å². The van der Waals surface area contributed by atoms with Gasteiger partial charge in [0.2, 0.25) is 5.91 Å². The monoisotopic (exact) mass is 315 g/mol. The Labute approximate surface area is 125 Å². The second-order valence-corrected chi connectivity index (χ2v) is 6.37. The van der Waals surface area contributed by atoms with Crippen molar-refractivity contribution in [1.29, 1.82) is 0 Å². The predicted octanol–water partition coefficient (Wildman–Crippen LogP) is -0.309. The number of hydrogen-bond acceptors (Lipinski definition) is 5. The number of carbonyl (C=O) groups is 4. The molecular weight excluding hydrogens is 298 g/mol. The van der Waals surface area contributed by atoms with Crippen molar-refractivity contribution >= 4 is 35.6 Å². The normalized spacial score (nSPS) is 29.7. The first-order chi connectivity index (χ1) is 9.82. The molecular formula is C12H17N3O5S. The quantitative estimate of drug-likeness (QED) is 0.677. The van der Waals surface area contributed by atoms with E-state index in [-0.39, 0.29) is 24.1 Å². The van der Waals surface area contributed by atoms with Gasteiger partial charge in [0, 0.05) is 19.2 Å². The van der Waals surface area contributed by atoms with Crippen molar-refractivity contribution in [2.45, 2.75) is 37.2 Å². The summed E-state index contributed by atoms with van der Waals surface area (Å²) in [6.45, 7) is 1.74. The molecule has 2 aliphatic heterocycles. The van der Waals surface area contributed by atoms with Gasteiger partial charge in [0.05, 0.1) is 5.37 Å². The minimum atomic E-state index is -1.07. The molecule has 3 atom stereocenters. The highest BCUT2D eigenvalue weighted by molar-refractivity contribution is 8.00. The number of aliphatic carboxylic acids is 1. The van der Waals surface area contributed by atoms with Crippen LogP contribution in [0, 0.1) is 0 Å². The fraction of sp³-hybridized carbons (Fsp3) is 0.667. The first-order valence-electron chi connectivity index (χ1n) is 6.56. The molecule has 116 valence electrons. The van der Waals surface area contributed by atoms with Crippen molar-refractivity contribution in [2.24, 2.45) is 0 Å². The van der Waals surface area contributed by atoms with E-state index in [0.717, 1.165) is 4.90 Å². The van der Waals surface area contributed by atoms with Crippen molar-refractivity contribution < 1.29 is 24.3 Å². The first-order valence-corrected chi connectivity index (χ1v) is 7.61. The van der Waals surface area contributed by atoms with Crippen molar-refractivity contribution in [3.8, 4) is 0 Å². The molecule has 2 heterocycles. The molecule has 2 aliphatic rings. The molecule has 2 saturated heterocycles. The molecule has 0 bridgehead atoms. The summed E-state index contributed by atoms with van der Waals surface area (Å²) in [5.41, 5.74) is 0. The number of likely N-dealkylation sites (N-methyl/N-ethyl adjacent to an activating group) is 1. The summed E-state index contributed by atoms with van der Waals surface area (Å²) in [6, 6.07) is -2.27. The molecule has 0 aromatic heterocycles. The van der Waals surface area contributed by atoms with Gasteiger partial charge in [-0.05, 0) is 13.3 Å². The highest BCUT2D eigenvalue weighted by Crippen LogP contribution is 2.29. The van der Waals surface area contributed by atoms with Crippen molar-refractivity contribution in [3.63, 3.8) is 0 Å². The SMILES string of the molecule is CC1SCC(C(=O)O)N1C(=O)NC1CCC(=O)N(C)C1=O. The number of carboxylic acids is 1. The third-order valence-corrected chi connectivity index (χ3v) is 4.91. The second kappa shape index (κ2) is 5.92. The summed E-state index contributed by atoms with van der Waals surface area (Å²) >= 11 is 1.37. The highest BCUT2D eigenvalue weighted by Gasteiger charge is 2.41. The molecule has 3 unspecified atom stereocenters. The minimum absolute atomic E-state index is 0.180. The van der Waals surface area contributed by atoms with Crippen LogP contribution in [0.25, 0.3) is 0 Å². The number of likely N-dealkylation sites (tertiary alicyclic amines) is 1. The fourth-order valence-electron chi connectivity index (χ4n) is 2.41. The van der Waals surface area contributed by atoms with Gasteiger partial charge >= 0.3 is 12.0 Å². The summed E-state index contributed by atoms with van der Waals surface area (Å²) in [4.78, 5) is 49.0. The Hall–Kier alpha value is -1.77. The molecule has 0 aromatic rings. The molecule has 0 saturated carbocycles. The van der Waals surface area contributed by atoms with Gasteiger partial charge in [-0.15, -0.1) is 11.8 Å². The maximum absolute atomic E-state index is 12.3. The number of hydrogen-bond donors (Lipinski definition) is 2. The molecule has 2 rings (SSSR count). The van der Waals surface area contributed by atoms with Crippen LogP contribution in [-0.4, -0.2) is 69.0 Å². The number of carboxylic acid groups (broad SMARTS) is 1. The number of nitrogens with zero attached hydrogens (tertiary/aromatic N) is 2. The Kier molecular flexibility index (Phi) is 4.40. The molecule has 0 spiro atoms. The van der Waals surface area contributed by atoms with Gasteiger partial charge in [0.25, 0.3) is 5.91 Å². The molecule has 0 radical (unpaired) electrons. The number of piperidine rings is 1. The molecule has 21 heavy (non-hydrogen) atoms. The van der Waals surface area contributed by atoms with Gasteiger partial charge in [-0.2, -0.15) is 0 Å². The van der Waals surface area contributed by atoms with E-state index in [1.807, 2.05) is 0 Å². The van der Waals surface area contributed by atoms with E-state index >= 15 is 0 Å². The van der Waals surface area contributed by atoms with E-state index < -0.39 is 30.0 Å². The molecule has 2 fully saturated rings. The Balaban J connectivity index is 2.05. The van der Waals surface area contributed by atoms with E-state index in [1.165, 1.54) is 23.7 Å². The average molecular weight is 315 g/mol. The summed E-state index contributed by atoms with van der Waals surface area (Å²) in [7, 11) is 1.37. The van der Waals surface area contributed by atoms with Crippen molar-refractivity contribution in [2.75, 3.05) is 12.8 Å². The number of amides is 4. The third-order valence-electron chi connectivity index (χ3n) is 3.69. The second-order valence-electron chi connectivity index (χ2n) is 5.03. The zero-order chi connectivity index (χ0) is 15.7. The van der Waals surface area contributed by atoms with Crippen LogP contribution in [0.4, 0.5) is 4.79 Å². The van der Waals surface area contributed by atoms with Crippen LogP contribution >= 0.6 is 11.8 Å². The lowest BCUT2D eigenvalue weighted by Gasteiger charge is -2.31. The number of imide groups is 1. The van der Waals surface area contributed by atoms with E-state index in [1.54, 1.807) is 6.92 Å². The molecule has 2 N–H and O–H groups in total. The summed E-state index contributed by atoms with van der Waals surface area (Å²) in [5, 5.41) is 11.4. The number of nitrogens with one attached hydrogen (secondary N) is 1. The largest absolute Gasteiger partial charge is 0.480 e. The van der Waals surface area contributed by atoms with Crippen molar-refractivity contribution in [3.05, 3.63) is 0 Å². The summed E-state index contributed by atoms with van der Waals surface area (Å²) < 4.78 is 0. The van der Waals surface area contributed by atoms with E-state index in [0.29, 0.717) is 5.75 Å². The zero-order valence-corrected chi connectivity index (χ0v) is 12.6. The number of rotatable bonds is 2. The Morgan fingerprint density at radius 3 is 2.67 bits per heavy atom. The van der Waals surface area contributed by atoms with Crippen LogP contribution < -0.4 is 5.32 Å². The fourth-order valence-corrected chi connectivity index (χ4v) is 3.58. The van der Waals surface area contributed by atoms with Crippen LogP contribution in [0.1, 0.15) is 19.8 Å². The lowest BCUT2D eigenvalue weighted by molar-refractivity contribution is -0.147. The summed E-state index contributed by atoms with van der Waals surface area (Å²) in [5.74, 6) is -1.49. The summed E-state index contributed by atoms with van der Waals surface area (Å²) in [6.07, 6.45) is 0.417. The van der Waals surface area contributed by atoms with E-state index in [9.17, 15) is 19.2 Å². The van der Waals surface area contributed by atoms with E-state index in [4.69, 9.17) is 5.11 Å². The topological polar surface area (TPSA) is 107 Å². The molecule has 0 aliphatic carbocycles.